The van der Waals surface area contributed by atoms with Crippen molar-refractivity contribution in [2.75, 3.05) is 5.32 Å². The summed E-state index contributed by atoms with van der Waals surface area (Å²) >= 11 is 0. The zero-order valence-corrected chi connectivity index (χ0v) is 14.6. The van der Waals surface area contributed by atoms with E-state index in [9.17, 15) is 22.8 Å². The molecule has 0 bridgehead atoms. The van der Waals surface area contributed by atoms with E-state index in [2.05, 4.69) is 10.3 Å². The van der Waals surface area contributed by atoms with Gasteiger partial charge in [-0.3, -0.25) is 9.59 Å². The van der Waals surface area contributed by atoms with Gasteiger partial charge in [0.25, 0.3) is 5.91 Å². The Bertz CT molecular complexity index is 960. The Morgan fingerprint density at radius 3 is 2.43 bits per heavy atom. The fourth-order valence-electron chi connectivity index (χ4n) is 3.10. The zero-order chi connectivity index (χ0) is 20.4. The van der Waals surface area contributed by atoms with E-state index in [1.165, 1.54) is 18.3 Å². The molecular weight excluding hydrogens is 373 g/mol. The van der Waals surface area contributed by atoms with Gasteiger partial charge in [0, 0.05) is 29.8 Å². The van der Waals surface area contributed by atoms with E-state index in [0.29, 0.717) is 11.6 Å². The molecule has 2 amide bonds. The van der Waals surface area contributed by atoms with E-state index >= 15 is 0 Å². The van der Waals surface area contributed by atoms with Gasteiger partial charge in [-0.05, 0) is 36.6 Å². The smallest absolute Gasteiger partial charge is 0.252 e. The van der Waals surface area contributed by atoms with Crippen LogP contribution in [0, 0.1) is 17.5 Å². The highest BCUT2D eigenvalue weighted by atomic mass is 19.2. The van der Waals surface area contributed by atoms with Crippen molar-refractivity contribution in [2.45, 2.75) is 24.8 Å². The molecule has 0 fully saturated rings. The number of pyridine rings is 1. The van der Waals surface area contributed by atoms with Crippen molar-refractivity contribution in [1.29, 1.82) is 0 Å². The molecule has 0 radical (unpaired) electrons. The largest absolute Gasteiger partial charge is 0.366 e. The molecule has 9 heteroatoms. The van der Waals surface area contributed by atoms with Crippen LogP contribution >= 0.6 is 0 Å². The first kappa shape index (κ1) is 19.6. The molecule has 2 atom stereocenters. The van der Waals surface area contributed by atoms with Crippen molar-refractivity contribution < 1.29 is 22.8 Å². The number of primary amides is 1. The number of amides is 2. The fourth-order valence-corrected chi connectivity index (χ4v) is 3.10. The Kier molecular flexibility index (Phi) is 5.46. The van der Waals surface area contributed by atoms with Gasteiger partial charge in [-0.15, -0.1) is 0 Å². The highest BCUT2D eigenvalue weighted by molar-refractivity contribution is 6.03. The minimum Gasteiger partial charge on any atom is -0.366 e. The quantitative estimate of drug-likeness (QED) is 0.696. The lowest BCUT2D eigenvalue weighted by Crippen LogP contribution is -2.34. The van der Waals surface area contributed by atoms with Gasteiger partial charge in [0.1, 0.15) is 11.6 Å². The van der Waals surface area contributed by atoms with Crippen LogP contribution in [0.1, 0.15) is 34.7 Å². The topological polar surface area (TPSA) is 111 Å². The third-order valence-corrected chi connectivity index (χ3v) is 4.61. The van der Waals surface area contributed by atoms with Gasteiger partial charge >= 0.3 is 0 Å². The van der Waals surface area contributed by atoms with Crippen molar-refractivity contribution in [3.63, 3.8) is 0 Å². The number of halogens is 3. The SMILES string of the molecule is NC(=O)c1ccc(NC(=O)C2=CCC(c3cc(F)c(F)cc3F)C(N)C2)nc1. The maximum atomic E-state index is 14.0. The summed E-state index contributed by atoms with van der Waals surface area (Å²) in [5.41, 5.74) is 11.7. The summed E-state index contributed by atoms with van der Waals surface area (Å²) in [6, 6.07) is 3.49. The minimum absolute atomic E-state index is 0.0224. The summed E-state index contributed by atoms with van der Waals surface area (Å²) < 4.78 is 40.6. The normalized spacial score (nSPS) is 19.1. The highest BCUT2D eigenvalue weighted by Crippen LogP contribution is 2.34. The summed E-state index contributed by atoms with van der Waals surface area (Å²) in [6.45, 7) is 0. The highest BCUT2D eigenvalue weighted by Gasteiger charge is 2.29. The number of carbonyl (C=O) groups is 2. The monoisotopic (exact) mass is 390 g/mol. The Labute approximate surface area is 158 Å². The predicted octanol–water partition coefficient (Wildman–Crippen LogP) is 2.37. The van der Waals surface area contributed by atoms with Crippen molar-refractivity contribution in [1.82, 2.24) is 4.98 Å². The van der Waals surface area contributed by atoms with Gasteiger partial charge in [0.15, 0.2) is 11.6 Å². The molecule has 28 heavy (non-hydrogen) atoms. The van der Waals surface area contributed by atoms with Crippen molar-refractivity contribution in [3.8, 4) is 0 Å². The number of anilines is 1. The molecular formula is C19H17F3N4O2. The Morgan fingerprint density at radius 2 is 1.82 bits per heavy atom. The summed E-state index contributed by atoms with van der Waals surface area (Å²) in [5.74, 6) is -4.74. The molecule has 5 N–H and O–H groups in total. The number of nitrogens with two attached hydrogens (primary N) is 2. The standard InChI is InChI=1S/C19H17F3N4O2/c20-13-7-15(22)14(21)6-12(13)11-3-1-9(5-16(11)23)19(28)26-17-4-2-10(8-25-17)18(24)27/h1-2,4,6-8,11,16H,3,5,23H2,(H2,24,27)(H,25,26,28). The second-order valence-electron chi connectivity index (χ2n) is 6.48. The average Bonchev–Trinajstić information content (AvgIpc) is 2.65. The predicted molar refractivity (Wildman–Crippen MR) is 95.7 cm³/mol. The number of aromatic nitrogens is 1. The molecule has 2 unspecified atom stereocenters. The van der Waals surface area contributed by atoms with Gasteiger partial charge in [-0.2, -0.15) is 0 Å². The molecule has 0 aliphatic heterocycles. The summed E-state index contributed by atoms with van der Waals surface area (Å²) in [6.07, 6.45) is 3.14. The second kappa shape index (κ2) is 7.81. The van der Waals surface area contributed by atoms with E-state index < -0.39 is 41.2 Å². The summed E-state index contributed by atoms with van der Waals surface area (Å²) in [7, 11) is 0. The van der Waals surface area contributed by atoms with Crippen LogP contribution in [0.15, 0.2) is 42.1 Å². The third kappa shape index (κ3) is 4.04. The van der Waals surface area contributed by atoms with Gasteiger partial charge in [-0.1, -0.05) is 6.08 Å². The Hall–Kier alpha value is -3.20. The summed E-state index contributed by atoms with van der Waals surface area (Å²) in [5, 5.41) is 2.57. The number of benzene rings is 1. The van der Waals surface area contributed by atoms with Crippen LogP contribution in [-0.4, -0.2) is 22.8 Å². The average molecular weight is 390 g/mol. The lowest BCUT2D eigenvalue weighted by molar-refractivity contribution is -0.113. The Balaban J connectivity index is 1.72. The number of nitrogens with one attached hydrogen (secondary N) is 1. The first-order chi connectivity index (χ1) is 13.3. The van der Waals surface area contributed by atoms with Crippen molar-refractivity contribution >= 4 is 17.6 Å². The van der Waals surface area contributed by atoms with Gasteiger partial charge in [0.2, 0.25) is 5.91 Å². The second-order valence-corrected chi connectivity index (χ2v) is 6.48. The van der Waals surface area contributed by atoms with Crippen LogP contribution in [0.3, 0.4) is 0 Å². The number of carbonyl (C=O) groups excluding carboxylic acids is 2. The maximum absolute atomic E-state index is 14.0. The number of hydrogen-bond donors (Lipinski definition) is 3. The molecule has 0 spiro atoms. The van der Waals surface area contributed by atoms with Gasteiger partial charge in [0.05, 0.1) is 5.56 Å². The van der Waals surface area contributed by atoms with E-state index in [-0.39, 0.29) is 29.8 Å². The molecule has 146 valence electrons. The molecule has 1 aromatic heterocycles. The molecule has 6 nitrogen and oxygen atoms in total. The molecule has 2 aromatic rings. The molecule has 1 aliphatic carbocycles. The maximum Gasteiger partial charge on any atom is 0.252 e. The zero-order valence-electron chi connectivity index (χ0n) is 14.6. The number of allylic oxidation sites excluding steroid dienone is 1. The Morgan fingerprint density at radius 1 is 1.11 bits per heavy atom. The molecule has 0 saturated heterocycles. The lowest BCUT2D eigenvalue weighted by atomic mass is 9.80. The minimum atomic E-state index is -1.27. The van der Waals surface area contributed by atoms with Crippen LogP contribution < -0.4 is 16.8 Å². The molecule has 1 heterocycles. The first-order valence-corrected chi connectivity index (χ1v) is 8.42. The van der Waals surface area contributed by atoms with Crippen LogP contribution in [0.2, 0.25) is 0 Å². The van der Waals surface area contributed by atoms with Crippen LogP contribution in [0.5, 0.6) is 0 Å². The molecule has 1 aromatic carbocycles. The lowest BCUT2D eigenvalue weighted by Gasteiger charge is -2.28. The number of nitrogens with zero attached hydrogens (tertiary/aromatic N) is 1. The van der Waals surface area contributed by atoms with Crippen molar-refractivity contribution in [3.05, 3.63) is 70.7 Å². The van der Waals surface area contributed by atoms with Gasteiger partial charge in [-0.25, -0.2) is 18.2 Å². The molecule has 1 aliphatic rings. The number of hydrogen-bond acceptors (Lipinski definition) is 4. The van der Waals surface area contributed by atoms with Gasteiger partial charge < -0.3 is 16.8 Å². The van der Waals surface area contributed by atoms with E-state index in [1.807, 2.05) is 0 Å². The van der Waals surface area contributed by atoms with E-state index in [4.69, 9.17) is 11.5 Å². The number of rotatable bonds is 4. The van der Waals surface area contributed by atoms with Crippen LogP contribution in [-0.2, 0) is 4.79 Å². The molecule has 3 rings (SSSR count). The third-order valence-electron chi connectivity index (χ3n) is 4.61. The van der Waals surface area contributed by atoms with Crippen LogP contribution in [0.25, 0.3) is 0 Å². The first-order valence-electron chi connectivity index (χ1n) is 8.42. The van der Waals surface area contributed by atoms with E-state index in [0.717, 1.165) is 6.07 Å². The van der Waals surface area contributed by atoms with E-state index in [1.54, 1.807) is 6.08 Å². The van der Waals surface area contributed by atoms with Crippen molar-refractivity contribution in [2.24, 2.45) is 11.5 Å². The fraction of sp³-hybridized carbons (Fsp3) is 0.211. The van der Waals surface area contributed by atoms with Crippen LogP contribution in [0.4, 0.5) is 19.0 Å². The molecule has 0 saturated carbocycles. The summed E-state index contributed by atoms with van der Waals surface area (Å²) in [4.78, 5) is 27.3.